The van der Waals surface area contributed by atoms with Crippen molar-refractivity contribution >= 4 is 35.5 Å². The molecule has 0 aliphatic carbocycles. The number of carbonyl (C=O) groups is 1. The fourth-order valence-corrected chi connectivity index (χ4v) is 3.67. The first-order valence-electron chi connectivity index (χ1n) is 10.5. The molecular weight excluding hydrogens is 378 g/mol. The fraction of sp³-hybridized carbons (Fsp3) is 0.400. The van der Waals surface area contributed by atoms with Crippen LogP contribution in [0, 0.1) is 0 Å². The van der Waals surface area contributed by atoms with E-state index in [2.05, 4.69) is 49.6 Å². The molecule has 0 fully saturated rings. The second-order valence-corrected chi connectivity index (χ2v) is 8.50. The molecule has 4 heteroatoms. The van der Waals surface area contributed by atoms with E-state index in [-0.39, 0.29) is 0 Å². The maximum atomic E-state index is 10.9. The summed E-state index contributed by atoms with van der Waals surface area (Å²) < 4.78 is 6.08. The van der Waals surface area contributed by atoms with E-state index < -0.39 is 0 Å². The maximum Gasteiger partial charge on any atom is 0.160 e. The van der Waals surface area contributed by atoms with Crippen molar-refractivity contribution in [3.63, 3.8) is 0 Å². The van der Waals surface area contributed by atoms with E-state index in [4.69, 9.17) is 4.74 Å². The molecular formula is C25H33NO2S. The number of anilines is 1. The molecule has 29 heavy (non-hydrogen) atoms. The third-order valence-electron chi connectivity index (χ3n) is 4.59. The number of carbonyl (C=O) groups excluding carboxylic acids is 1. The van der Waals surface area contributed by atoms with Gasteiger partial charge in [-0.2, -0.15) is 0 Å². The number of hydrogen-bond donors (Lipinski definition) is 0. The highest BCUT2D eigenvalue weighted by atomic mass is 32.1. The smallest absolute Gasteiger partial charge is 0.160 e. The first-order chi connectivity index (χ1) is 14.1. The van der Waals surface area contributed by atoms with Crippen LogP contribution in [0.5, 0.6) is 5.75 Å². The molecule has 0 spiro atoms. The molecule has 156 valence electrons. The lowest BCUT2D eigenvalue weighted by Gasteiger charge is -2.25. The van der Waals surface area contributed by atoms with E-state index >= 15 is 0 Å². The van der Waals surface area contributed by atoms with Gasteiger partial charge in [-0.1, -0.05) is 33.3 Å². The summed E-state index contributed by atoms with van der Waals surface area (Å²) in [5, 5.41) is 0. The average molecular weight is 412 g/mol. The number of nitrogens with zero attached hydrogens (tertiary/aromatic N) is 1. The third-order valence-corrected chi connectivity index (χ3v) is 5.57. The highest BCUT2D eigenvalue weighted by molar-refractivity contribution is 7.14. The maximum absolute atomic E-state index is 10.9. The minimum atomic E-state index is 0.502. The standard InChI is InChI=1S/C25H33NO2S/c1-5-7-15-26(16-8-6-2)22-11-9-21(25(17-22)28-19-20(3)4)10-12-23-13-14-24(18-27)29-23/h9-14,17-18H,3,5-8,15-16,19H2,1-2,4H3/b12-10+. The Bertz CT molecular complexity index is 814. The van der Waals surface area contributed by atoms with Gasteiger partial charge in [0, 0.05) is 35.3 Å². The summed E-state index contributed by atoms with van der Waals surface area (Å²) in [5.41, 5.74) is 3.23. The number of hydrogen-bond acceptors (Lipinski definition) is 4. The third kappa shape index (κ3) is 7.54. The van der Waals surface area contributed by atoms with E-state index in [9.17, 15) is 4.79 Å². The molecule has 0 aliphatic rings. The van der Waals surface area contributed by atoms with E-state index in [0.29, 0.717) is 6.61 Å². The highest BCUT2D eigenvalue weighted by Crippen LogP contribution is 2.29. The summed E-state index contributed by atoms with van der Waals surface area (Å²) in [4.78, 5) is 15.2. The van der Waals surface area contributed by atoms with Gasteiger partial charge in [0.05, 0.1) is 4.88 Å². The van der Waals surface area contributed by atoms with Gasteiger partial charge in [0.2, 0.25) is 0 Å². The topological polar surface area (TPSA) is 29.5 Å². The highest BCUT2D eigenvalue weighted by Gasteiger charge is 2.10. The molecule has 3 nitrogen and oxygen atoms in total. The molecule has 0 aliphatic heterocycles. The van der Waals surface area contributed by atoms with Crippen molar-refractivity contribution in [1.29, 1.82) is 0 Å². The van der Waals surface area contributed by atoms with Gasteiger partial charge >= 0.3 is 0 Å². The summed E-state index contributed by atoms with van der Waals surface area (Å²) in [6.07, 6.45) is 9.72. The lowest BCUT2D eigenvalue weighted by atomic mass is 10.1. The molecule has 0 saturated heterocycles. The van der Waals surface area contributed by atoms with Crippen LogP contribution < -0.4 is 9.64 Å². The first-order valence-corrected chi connectivity index (χ1v) is 11.3. The van der Waals surface area contributed by atoms with Gasteiger partial charge in [-0.25, -0.2) is 0 Å². The molecule has 0 radical (unpaired) electrons. The molecule has 1 heterocycles. The lowest BCUT2D eigenvalue weighted by Crippen LogP contribution is -2.25. The fourth-order valence-electron chi connectivity index (χ4n) is 2.94. The molecule has 1 aromatic heterocycles. The molecule has 2 rings (SSSR count). The largest absolute Gasteiger partial charge is 0.489 e. The molecule has 0 N–H and O–H groups in total. The van der Waals surface area contributed by atoms with Gasteiger partial charge in [0.1, 0.15) is 12.4 Å². The van der Waals surface area contributed by atoms with Crippen molar-refractivity contribution in [2.75, 3.05) is 24.6 Å². The van der Waals surface area contributed by atoms with Crippen LogP contribution in [-0.2, 0) is 0 Å². The summed E-state index contributed by atoms with van der Waals surface area (Å²) in [5.74, 6) is 0.868. The van der Waals surface area contributed by atoms with Crippen molar-refractivity contribution in [3.8, 4) is 5.75 Å². The Kier molecular flexibility index (Phi) is 9.72. The number of aldehydes is 1. The predicted octanol–water partition coefficient (Wildman–Crippen LogP) is 7.09. The first kappa shape index (κ1) is 23.0. The minimum absolute atomic E-state index is 0.502. The van der Waals surface area contributed by atoms with E-state index in [1.54, 1.807) is 0 Å². The molecule has 0 unspecified atom stereocenters. The van der Waals surface area contributed by atoms with Crippen LogP contribution in [0.25, 0.3) is 12.2 Å². The lowest BCUT2D eigenvalue weighted by molar-refractivity contribution is 0.112. The van der Waals surface area contributed by atoms with Crippen LogP contribution in [0.15, 0.2) is 42.5 Å². The summed E-state index contributed by atoms with van der Waals surface area (Å²) in [6.45, 7) is 13.0. The molecule has 0 atom stereocenters. The Hall–Kier alpha value is -2.33. The van der Waals surface area contributed by atoms with E-state index in [0.717, 1.165) is 46.0 Å². The van der Waals surface area contributed by atoms with Crippen LogP contribution >= 0.6 is 11.3 Å². The minimum Gasteiger partial charge on any atom is -0.489 e. The SMILES string of the molecule is C=C(C)COc1cc(N(CCCC)CCCC)ccc1/C=C/c1ccc(C=O)s1. The zero-order valence-corrected chi connectivity index (χ0v) is 18.8. The second-order valence-electron chi connectivity index (χ2n) is 7.35. The zero-order chi connectivity index (χ0) is 21.1. The van der Waals surface area contributed by atoms with Crippen LogP contribution in [0.1, 0.15) is 66.6 Å². The second kappa shape index (κ2) is 12.3. The summed E-state index contributed by atoms with van der Waals surface area (Å²) in [7, 11) is 0. The summed E-state index contributed by atoms with van der Waals surface area (Å²) >= 11 is 1.48. The predicted molar refractivity (Wildman–Crippen MR) is 127 cm³/mol. The zero-order valence-electron chi connectivity index (χ0n) is 17.9. The molecule has 0 bridgehead atoms. The Morgan fingerprint density at radius 3 is 2.34 bits per heavy atom. The Balaban J connectivity index is 2.29. The Morgan fingerprint density at radius 1 is 1.07 bits per heavy atom. The normalized spacial score (nSPS) is 11.0. The van der Waals surface area contributed by atoms with Gasteiger partial charge in [0.25, 0.3) is 0 Å². The van der Waals surface area contributed by atoms with Crippen molar-refractivity contribution in [1.82, 2.24) is 0 Å². The Labute approximate surface area is 179 Å². The molecule has 2 aromatic rings. The number of thiophene rings is 1. The number of ether oxygens (including phenoxy) is 1. The number of unbranched alkanes of at least 4 members (excludes halogenated alkanes) is 2. The van der Waals surface area contributed by atoms with Crippen molar-refractivity contribution in [3.05, 3.63) is 57.8 Å². The van der Waals surface area contributed by atoms with Crippen LogP contribution in [0.4, 0.5) is 5.69 Å². The average Bonchev–Trinajstić information content (AvgIpc) is 3.19. The van der Waals surface area contributed by atoms with Crippen molar-refractivity contribution in [2.45, 2.75) is 46.5 Å². The van der Waals surface area contributed by atoms with Gasteiger partial charge < -0.3 is 9.64 Å². The van der Waals surface area contributed by atoms with Crippen LogP contribution in [0.3, 0.4) is 0 Å². The van der Waals surface area contributed by atoms with Gasteiger partial charge in [0.15, 0.2) is 6.29 Å². The number of benzene rings is 1. The monoisotopic (exact) mass is 411 g/mol. The van der Waals surface area contributed by atoms with Gasteiger partial charge in [-0.15, -0.1) is 11.3 Å². The van der Waals surface area contributed by atoms with Crippen molar-refractivity contribution < 1.29 is 9.53 Å². The van der Waals surface area contributed by atoms with Crippen LogP contribution in [0.2, 0.25) is 0 Å². The van der Waals surface area contributed by atoms with E-state index in [1.807, 2.05) is 25.1 Å². The molecule has 0 amide bonds. The molecule has 0 saturated carbocycles. The quantitative estimate of drug-likeness (QED) is 0.260. The van der Waals surface area contributed by atoms with E-state index in [1.165, 1.54) is 42.7 Å². The van der Waals surface area contributed by atoms with Gasteiger partial charge in [-0.05, 0) is 61.8 Å². The van der Waals surface area contributed by atoms with Crippen LogP contribution in [-0.4, -0.2) is 26.0 Å². The Morgan fingerprint density at radius 2 is 1.76 bits per heavy atom. The molecule has 1 aromatic carbocycles. The van der Waals surface area contributed by atoms with Crippen molar-refractivity contribution in [2.24, 2.45) is 0 Å². The number of rotatable bonds is 13. The summed E-state index contributed by atoms with van der Waals surface area (Å²) in [6, 6.07) is 10.3. The van der Waals surface area contributed by atoms with Gasteiger partial charge in [-0.3, -0.25) is 4.79 Å².